The molecule has 0 unspecified atom stereocenters. The van der Waals surface area contributed by atoms with Crippen LogP contribution >= 0.6 is 0 Å². The number of amides is 2. The van der Waals surface area contributed by atoms with Crippen LogP contribution in [0.2, 0.25) is 25.7 Å². The first kappa shape index (κ1) is 24.9. The first-order valence-corrected chi connectivity index (χ1v) is 15.6. The Morgan fingerprint density at radius 1 is 1.09 bits per heavy atom. The van der Waals surface area contributed by atoms with Crippen LogP contribution in [0.4, 0.5) is 4.79 Å². The van der Waals surface area contributed by atoms with Crippen molar-refractivity contribution in [1.29, 1.82) is 0 Å². The molecule has 1 aromatic carbocycles. The van der Waals surface area contributed by atoms with E-state index < -0.39 is 8.07 Å². The van der Waals surface area contributed by atoms with E-state index in [2.05, 4.69) is 69.0 Å². The Bertz CT molecular complexity index is 798. The first-order valence-electron chi connectivity index (χ1n) is 11.9. The highest BCUT2D eigenvalue weighted by Gasteiger charge is 2.54. The topological polar surface area (TPSA) is 53.1 Å². The predicted molar refractivity (Wildman–Crippen MR) is 131 cm³/mol. The Morgan fingerprint density at radius 3 is 2.25 bits per heavy atom. The number of hydrogen-bond acceptors (Lipinski definition) is 4. The second-order valence-electron chi connectivity index (χ2n) is 11.1. The number of carbonyl (C=O) groups excluding carboxylic acids is 2. The van der Waals surface area contributed by atoms with Crippen LogP contribution in [0.25, 0.3) is 0 Å². The summed E-state index contributed by atoms with van der Waals surface area (Å²) in [5.74, 6) is 0.0257. The molecule has 1 aliphatic heterocycles. The van der Waals surface area contributed by atoms with E-state index in [9.17, 15) is 9.59 Å². The fraction of sp³-hybridized carbons (Fsp3) is 0.680. The van der Waals surface area contributed by atoms with Gasteiger partial charge in [0.2, 0.25) is 0 Å². The molecule has 7 heteroatoms. The van der Waals surface area contributed by atoms with Crippen LogP contribution < -0.4 is 0 Å². The van der Waals surface area contributed by atoms with E-state index in [1.807, 2.05) is 4.90 Å². The molecule has 2 aliphatic rings. The van der Waals surface area contributed by atoms with Gasteiger partial charge in [-0.05, 0) is 58.3 Å². The average molecular weight is 460 g/mol. The minimum atomic E-state index is -1.19. The lowest BCUT2D eigenvalue weighted by atomic mass is 9.68. The summed E-state index contributed by atoms with van der Waals surface area (Å²) in [6, 6.07) is 11.7. The van der Waals surface area contributed by atoms with Crippen LogP contribution in [0, 0.1) is 0 Å². The van der Waals surface area contributed by atoms with Gasteiger partial charge in [-0.15, -0.1) is 0 Å². The summed E-state index contributed by atoms with van der Waals surface area (Å²) in [5.41, 5.74) is 1.04. The largest absolute Gasteiger partial charge is 0.361 e. The summed E-state index contributed by atoms with van der Waals surface area (Å²) in [7, 11) is 3.12. The summed E-state index contributed by atoms with van der Waals surface area (Å²) in [5, 5.41) is 0. The molecule has 1 saturated heterocycles. The van der Waals surface area contributed by atoms with Gasteiger partial charge in [0.1, 0.15) is 12.5 Å². The lowest BCUT2D eigenvalue weighted by Crippen LogP contribution is -2.55. The number of urea groups is 1. The lowest BCUT2D eigenvalue weighted by molar-refractivity contribution is -0.117. The van der Waals surface area contributed by atoms with E-state index in [1.54, 1.807) is 11.8 Å². The number of ether oxygens (including phenoxy) is 1. The van der Waals surface area contributed by atoms with Crippen LogP contribution in [0.1, 0.15) is 38.2 Å². The summed E-state index contributed by atoms with van der Waals surface area (Å²) in [6.07, 6.45) is 3.74. The van der Waals surface area contributed by atoms with Gasteiger partial charge in [-0.2, -0.15) is 0 Å². The van der Waals surface area contributed by atoms with Crippen molar-refractivity contribution in [3.63, 3.8) is 0 Å². The monoisotopic (exact) mass is 459 g/mol. The number of nitrogens with zero attached hydrogens (tertiary/aromatic N) is 3. The van der Waals surface area contributed by atoms with Crippen LogP contribution in [-0.4, -0.2) is 80.6 Å². The Morgan fingerprint density at radius 2 is 1.72 bits per heavy atom. The zero-order valence-electron chi connectivity index (χ0n) is 20.8. The fourth-order valence-corrected chi connectivity index (χ4v) is 6.06. The zero-order chi connectivity index (χ0) is 23.6. The molecule has 6 nitrogen and oxygen atoms in total. The zero-order valence-corrected chi connectivity index (χ0v) is 21.8. The van der Waals surface area contributed by atoms with E-state index in [1.165, 1.54) is 5.56 Å². The molecule has 1 aliphatic carbocycles. The van der Waals surface area contributed by atoms with Gasteiger partial charge >= 0.3 is 6.03 Å². The number of ketones is 1. The Kier molecular flexibility index (Phi) is 7.52. The number of Topliss-reactive ketones (excluding diaryl/α,β-unsaturated/α-hetero) is 1. The van der Waals surface area contributed by atoms with Crippen molar-refractivity contribution < 1.29 is 14.3 Å². The summed E-state index contributed by atoms with van der Waals surface area (Å²) in [6.45, 7) is 10.4. The molecule has 32 heavy (non-hydrogen) atoms. The fourth-order valence-electron chi connectivity index (χ4n) is 5.30. The minimum absolute atomic E-state index is 0.0257. The van der Waals surface area contributed by atoms with Crippen molar-refractivity contribution in [1.82, 2.24) is 14.7 Å². The smallest absolute Gasteiger partial charge is 0.322 e. The first-order chi connectivity index (χ1) is 15.0. The number of hydrogen-bond donors (Lipinski definition) is 0. The number of rotatable bonds is 9. The molecule has 2 fully saturated rings. The van der Waals surface area contributed by atoms with E-state index in [0.29, 0.717) is 19.9 Å². The third-order valence-corrected chi connectivity index (χ3v) is 9.07. The highest BCUT2D eigenvalue weighted by atomic mass is 28.3. The molecule has 1 saturated carbocycles. The normalized spacial score (nSPS) is 26.4. The second-order valence-corrected chi connectivity index (χ2v) is 16.8. The molecule has 178 valence electrons. The van der Waals surface area contributed by atoms with Gasteiger partial charge < -0.3 is 9.64 Å². The molecule has 1 spiro atoms. The van der Waals surface area contributed by atoms with Crippen molar-refractivity contribution in [3.8, 4) is 0 Å². The Balaban J connectivity index is 1.79. The molecule has 3 rings (SSSR count). The lowest BCUT2D eigenvalue weighted by Gasteiger charge is -2.50. The molecule has 0 bridgehead atoms. The standard InChI is InChI=1S/C25H41N3O3Si/c1-21(29)18-27-19-24(28(23(27)30)20-31-16-17-32(4,5)6)12-14-25(15-13-24,26(2)3)22-10-8-7-9-11-22/h7-11H,12-20H2,1-6H3/t24-,25+. The molecular weight excluding hydrogens is 418 g/mol. The maximum atomic E-state index is 13.3. The van der Waals surface area contributed by atoms with Gasteiger partial charge in [-0.25, -0.2) is 4.79 Å². The third kappa shape index (κ3) is 5.26. The average Bonchev–Trinajstić information content (AvgIpc) is 2.96. The van der Waals surface area contributed by atoms with Gasteiger partial charge in [-0.1, -0.05) is 50.0 Å². The molecule has 0 N–H and O–H groups in total. The Hall–Kier alpha value is -1.70. The highest BCUT2D eigenvalue weighted by Crippen LogP contribution is 2.48. The number of benzene rings is 1. The van der Waals surface area contributed by atoms with Crippen molar-refractivity contribution in [2.24, 2.45) is 0 Å². The van der Waals surface area contributed by atoms with Gasteiger partial charge in [0, 0.05) is 26.8 Å². The summed E-state index contributed by atoms with van der Waals surface area (Å²) < 4.78 is 6.05. The molecular formula is C25H41N3O3Si. The van der Waals surface area contributed by atoms with Crippen LogP contribution in [0.15, 0.2) is 30.3 Å². The maximum absolute atomic E-state index is 13.3. The maximum Gasteiger partial charge on any atom is 0.322 e. The van der Waals surface area contributed by atoms with Crippen molar-refractivity contribution in [3.05, 3.63) is 35.9 Å². The SMILES string of the molecule is CC(=O)CN1C[C@]2(CC[C@](c3ccccc3)(N(C)C)CC2)N(COCC[Si](C)(C)C)C1=O. The summed E-state index contributed by atoms with van der Waals surface area (Å²) >= 11 is 0. The number of carbonyl (C=O) groups is 2. The van der Waals surface area contributed by atoms with Crippen molar-refractivity contribution in [2.75, 3.05) is 40.5 Å². The molecule has 0 aromatic heterocycles. The van der Waals surface area contributed by atoms with Gasteiger partial charge in [0.25, 0.3) is 0 Å². The van der Waals surface area contributed by atoms with Crippen molar-refractivity contribution >= 4 is 19.9 Å². The van der Waals surface area contributed by atoms with E-state index in [0.717, 1.165) is 31.7 Å². The molecule has 2 amide bonds. The molecule has 1 heterocycles. The van der Waals surface area contributed by atoms with Gasteiger partial charge in [0.15, 0.2) is 0 Å². The molecule has 0 atom stereocenters. The van der Waals surface area contributed by atoms with E-state index in [-0.39, 0.29) is 29.4 Å². The summed E-state index contributed by atoms with van der Waals surface area (Å²) in [4.78, 5) is 31.1. The van der Waals surface area contributed by atoms with Crippen LogP contribution in [0.5, 0.6) is 0 Å². The third-order valence-electron chi connectivity index (χ3n) is 7.36. The van der Waals surface area contributed by atoms with Gasteiger partial charge in [-0.3, -0.25) is 14.6 Å². The molecule has 0 radical (unpaired) electrons. The highest BCUT2D eigenvalue weighted by molar-refractivity contribution is 6.76. The van der Waals surface area contributed by atoms with E-state index >= 15 is 0 Å². The quantitative estimate of drug-likeness (QED) is 0.406. The minimum Gasteiger partial charge on any atom is -0.361 e. The van der Waals surface area contributed by atoms with E-state index in [4.69, 9.17) is 4.74 Å². The van der Waals surface area contributed by atoms with Crippen LogP contribution in [-0.2, 0) is 15.1 Å². The molecule has 1 aromatic rings. The second kappa shape index (κ2) is 9.65. The predicted octanol–water partition coefficient (Wildman–Crippen LogP) is 4.40. The van der Waals surface area contributed by atoms with Crippen LogP contribution in [0.3, 0.4) is 0 Å². The van der Waals surface area contributed by atoms with Gasteiger partial charge in [0.05, 0.1) is 12.1 Å². The Labute approximate surface area is 194 Å². The van der Waals surface area contributed by atoms with Crippen molar-refractivity contribution in [2.45, 2.75) is 69.4 Å².